The zero-order valence-electron chi connectivity index (χ0n) is 7.53. The molecule has 72 valence electrons. The zero-order valence-corrected chi connectivity index (χ0v) is 8.29. The van der Waals surface area contributed by atoms with Crippen LogP contribution in [0.25, 0.3) is 0 Å². The summed E-state index contributed by atoms with van der Waals surface area (Å²) in [6.07, 6.45) is 0. The first kappa shape index (κ1) is 10.3. The molecule has 0 aromatic heterocycles. The Bertz CT molecular complexity index is 268. The molecule has 3 nitrogen and oxygen atoms in total. The Labute approximate surface area is 83.0 Å². The van der Waals surface area contributed by atoms with Gasteiger partial charge in [0, 0.05) is 24.3 Å². The van der Waals surface area contributed by atoms with E-state index in [1.165, 1.54) is 0 Å². The summed E-state index contributed by atoms with van der Waals surface area (Å²) in [6, 6.07) is 7.65. The summed E-state index contributed by atoms with van der Waals surface area (Å²) >= 11 is 5.84. The van der Waals surface area contributed by atoms with Crippen molar-refractivity contribution in [2.45, 2.75) is 0 Å². The molecule has 0 bridgehead atoms. The van der Waals surface area contributed by atoms with Gasteiger partial charge in [0.2, 0.25) is 0 Å². The maximum atomic E-state index is 5.84. The molecule has 0 fully saturated rings. The Balaban J connectivity index is 2.60. The molecule has 1 aromatic rings. The molecule has 13 heavy (non-hydrogen) atoms. The second-order valence-corrected chi connectivity index (χ2v) is 3.21. The van der Waals surface area contributed by atoms with E-state index in [1.807, 2.05) is 36.2 Å². The molecule has 4 heteroatoms. The van der Waals surface area contributed by atoms with E-state index < -0.39 is 0 Å². The van der Waals surface area contributed by atoms with Gasteiger partial charge in [-0.2, -0.15) is 0 Å². The summed E-state index contributed by atoms with van der Waals surface area (Å²) < 4.78 is 0. The van der Waals surface area contributed by atoms with Gasteiger partial charge in [0.15, 0.2) is 0 Å². The van der Waals surface area contributed by atoms with E-state index in [0.717, 1.165) is 17.3 Å². The normalized spacial score (nSPS) is 10.1. The molecule has 0 radical (unpaired) electrons. The molecule has 1 rings (SSSR count). The highest BCUT2D eigenvalue weighted by Crippen LogP contribution is 2.17. The molecule has 0 aliphatic heterocycles. The molecule has 0 aliphatic rings. The number of nitrogens with zero attached hydrogens (tertiary/aromatic N) is 1. The number of likely N-dealkylation sites (N-methyl/N-ethyl adjacent to an activating group) is 1. The van der Waals surface area contributed by atoms with Crippen molar-refractivity contribution >= 4 is 17.3 Å². The largest absolute Gasteiger partial charge is 0.372 e. The maximum Gasteiger partial charge on any atom is 0.0854 e. The van der Waals surface area contributed by atoms with Gasteiger partial charge in [-0.1, -0.05) is 17.7 Å². The minimum atomic E-state index is 0.503. The summed E-state index contributed by atoms with van der Waals surface area (Å²) in [5.41, 5.74) is 1.06. The zero-order chi connectivity index (χ0) is 9.68. The quantitative estimate of drug-likeness (QED) is 0.752. The number of benzene rings is 1. The van der Waals surface area contributed by atoms with Crippen LogP contribution in [0, 0.1) is 0 Å². The molecular formula is C9H13ClN2O. The van der Waals surface area contributed by atoms with Crippen LogP contribution >= 0.6 is 11.6 Å². The molecular weight excluding hydrogens is 188 g/mol. The molecule has 1 aromatic carbocycles. The van der Waals surface area contributed by atoms with Gasteiger partial charge in [0.25, 0.3) is 0 Å². The molecule has 0 unspecified atom stereocenters. The monoisotopic (exact) mass is 200 g/mol. The summed E-state index contributed by atoms with van der Waals surface area (Å²) in [6.45, 7) is 1.25. The summed E-state index contributed by atoms with van der Waals surface area (Å²) in [5, 5.41) is 0.734. The first-order valence-electron chi connectivity index (χ1n) is 4.02. The van der Waals surface area contributed by atoms with Crippen molar-refractivity contribution in [3.8, 4) is 0 Å². The van der Waals surface area contributed by atoms with Crippen molar-refractivity contribution in [2.24, 2.45) is 5.90 Å². The van der Waals surface area contributed by atoms with Crippen molar-refractivity contribution < 1.29 is 4.84 Å². The third-order valence-corrected chi connectivity index (χ3v) is 2.03. The Morgan fingerprint density at radius 2 is 2.31 bits per heavy atom. The van der Waals surface area contributed by atoms with Crippen LogP contribution in [-0.4, -0.2) is 20.2 Å². The Hall–Kier alpha value is -0.770. The summed E-state index contributed by atoms with van der Waals surface area (Å²) in [5.74, 6) is 4.93. The van der Waals surface area contributed by atoms with Gasteiger partial charge in [-0.25, -0.2) is 5.90 Å². The van der Waals surface area contributed by atoms with E-state index in [4.69, 9.17) is 17.5 Å². The molecule has 0 atom stereocenters. The summed E-state index contributed by atoms with van der Waals surface area (Å²) in [4.78, 5) is 6.52. The summed E-state index contributed by atoms with van der Waals surface area (Å²) in [7, 11) is 1.96. The molecule has 0 amide bonds. The number of rotatable bonds is 4. The van der Waals surface area contributed by atoms with Gasteiger partial charge in [-0.05, 0) is 18.2 Å². The van der Waals surface area contributed by atoms with E-state index >= 15 is 0 Å². The van der Waals surface area contributed by atoms with Crippen molar-refractivity contribution in [1.82, 2.24) is 0 Å². The average molecular weight is 201 g/mol. The van der Waals surface area contributed by atoms with E-state index in [-0.39, 0.29) is 0 Å². The lowest BCUT2D eigenvalue weighted by atomic mass is 10.3. The highest BCUT2D eigenvalue weighted by atomic mass is 35.5. The van der Waals surface area contributed by atoms with Crippen LogP contribution < -0.4 is 10.8 Å². The lowest BCUT2D eigenvalue weighted by molar-refractivity contribution is 0.145. The number of hydrogen-bond acceptors (Lipinski definition) is 3. The third-order valence-electron chi connectivity index (χ3n) is 1.79. The maximum absolute atomic E-state index is 5.84. The molecule has 0 saturated carbocycles. The third kappa shape index (κ3) is 3.22. The number of nitrogens with two attached hydrogens (primary N) is 1. The van der Waals surface area contributed by atoms with Crippen LogP contribution in [0.1, 0.15) is 0 Å². The standard InChI is InChI=1S/C9H13ClN2O/c1-12(5-6-13-11)9-4-2-3-8(10)7-9/h2-4,7H,5-6,11H2,1H3. The highest BCUT2D eigenvalue weighted by Gasteiger charge is 1.99. The van der Waals surface area contributed by atoms with Crippen LogP contribution in [0.2, 0.25) is 5.02 Å². The van der Waals surface area contributed by atoms with Crippen molar-refractivity contribution in [1.29, 1.82) is 0 Å². The fraction of sp³-hybridized carbons (Fsp3) is 0.333. The fourth-order valence-corrected chi connectivity index (χ4v) is 1.22. The molecule has 0 heterocycles. The Kier molecular flexibility index (Phi) is 4.02. The van der Waals surface area contributed by atoms with Crippen LogP contribution in [0.5, 0.6) is 0 Å². The molecule has 0 saturated heterocycles. The minimum Gasteiger partial charge on any atom is -0.372 e. The molecule has 0 spiro atoms. The van der Waals surface area contributed by atoms with Crippen molar-refractivity contribution in [2.75, 3.05) is 25.1 Å². The number of hydrogen-bond donors (Lipinski definition) is 1. The van der Waals surface area contributed by atoms with Gasteiger partial charge < -0.3 is 9.74 Å². The number of anilines is 1. The fourth-order valence-electron chi connectivity index (χ4n) is 1.03. The van der Waals surface area contributed by atoms with Gasteiger partial charge in [-0.3, -0.25) is 0 Å². The lowest BCUT2D eigenvalue weighted by Gasteiger charge is -2.18. The van der Waals surface area contributed by atoms with E-state index in [1.54, 1.807) is 0 Å². The van der Waals surface area contributed by atoms with Gasteiger partial charge in [-0.15, -0.1) is 0 Å². The smallest absolute Gasteiger partial charge is 0.0854 e. The van der Waals surface area contributed by atoms with Crippen molar-refractivity contribution in [3.63, 3.8) is 0 Å². The van der Waals surface area contributed by atoms with Gasteiger partial charge in [0.05, 0.1) is 6.61 Å². The van der Waals surface area contributed by atoms with E-state index in [9.17, 15) is 0 Å². The van der Waals surface area contributed by atoms with Gasteiger partial charge >= 0.3 is 0 Å². The molecule has 2 N–H and O–H groups in total. The van der Waals surface area contributed by atoms with E-state index in [0.29, 0.717) is 6.61 Å². The lowest BCUT2D eigenvalue weighted by Crippen LogP contribution is -2.23. The van der Waals surface area contributed by atoms with Crippen LogP contribution in [0.3, 0.4) is 0 Å². The predicted octanol–water partition coefficient (Wildman–Crippen LogP) is 1.67. The Morgan fingerprint density at radius 1 is 1.54 bits per heavy atom. The van der Waals surface area contributed by atoms with Gasteiger partial charge in [0.1, 0.15) is 0 Å². The first-order valence-corrected chi connectivity index (χ1v) is 4.40. The van der Waals surface area contributed by atoms with Crippen LogP contribution in [-0.2, 0) is 4.84 Å². The SMILES string of the molecule is CN(CCON)c1cccc(Cl)c1. The van der Waals surface area contributed by atoms with Crippen LogP contribution in [0.4, 0.5) is 5.69 Å². The predicted molar refractivity (Wildman–Crippen MR) is 54.9 cm³/mol. The van der Waals surface area contributed by atoms with Crippen molar-refractivity contribution in [3.05, 3.63) is 29.3 Å². The number of halogens is 1. The van der Waals surface area contributed by atoms with E-state index in [2.05, 4.69) is 4.84 Å². The first-order chi connectivity index (χ1) is 6.24. The second-order valence-electron chi connectivity index (χ2n) is 2.77. The average Bonchev–Trinajstić information content (AvgIpc) is 2.14. The Morgan fingerprint density at radius 3 is 2.92 bits per heavy atom. The van der Waals surface area contributed by atoms with Crippen LogP contribution in [0.15, 0.2) is 24.3 Å². The topological polar surface area (TPSA) is 38.5 Å². The second kappa shape index (κ2) is 5.07. The minimum absolute atomic E-state index is 0.503. The molecule has 0 aliphatic carbocycles. The highest BCUT2D eigenvalue weighted by molar-refractivity contribution is 6.30.